The number of rotatable bonds is 1. The summed E-state index contributed by atoms with van der Waals surface area (Å²) in [6.07, 6.45) is 0. The van der Waals surface area contributed by atoms with Crippen LogP contribution in [0.25, 0.3) is 0 Å². The fourth-order valence-corrected chi connectivity index (χ4v) is 0. The van der Waals surface area contributed by atoms with Crippen LogP contribution in [0.4, 0.5) is 0 Å². The quantitative estimate of drug-likeness (QED) is 0.417. The highest BCUT2D eigenvalue weighted by molar-refractivity contribution is 8.19. The van der Waals surface area contributed by atoms with Gasteiger partial charge in [-0.1, -0.05) is 6.92 Å². The minimum atomic E-state index is 1.30. The average Bonchev–Trinajstić information content (AvgIpc) is 1.37. The van der Waals surface area contributed by atoms with Crippen LogP contribution in [0.1, 0.15) is 6.92 Å². The predicted octanol–water partition coefficient (Wildman–Crippen LogP) is 0.288. The summed E-state index contributed by atoms with van der Waals surface area (Å²) in [4.78, 5) is 0. The largest absolute Gasteiger partial charge is 0.302 e. The molecule has 0 saturated carbocycles. The van der Waals surface area contributed by atoms with Gasteiger partial charge in [0.15, 0.2) is 0 Å². The Morgan fingerprint density at radius 1 is 2.00 bits per heavy atom. The van der Waals surface area contributed by atoms with Crippen molar-refractivity contribution >= 4 is 25.3 Å². The van der Waals surface area contributed by atoms with E-state index < -0.39 is 0 Å². The Morgan fingerprint density at radius 3 is 2.25 bits per heavy atom. The molecule has 0 aliphatic rings. The van der Waals surface area contributed by atoms with Gasteiger partial charge in [-0.2, -0.15) is 0 Å². The molecule has 0 aromatic heterocycles. The third kappa shape index (κ3) is 2.88. The van der Waals surface area contributed by atoms with Gasteiger partial charge in [-0.05, 0) is 5.75 Å². The highest BCUT2D eigenvalue weighted by atomic mass is 32.3. The predicted molar refractivity (Wildman–Crippen MR) is 26.7 cm³/mol. The lowest BCUT2D eigenvalue weighted by molar-refractivity contribution is 1.54. The zero-order valence-electron chi connectivity index (χ0n) is 3.12. The topological polar surface area (TPSA) is 0 Å². The fraction of sp³-hybridized carbons (Fsp3) is 1.00. The number of hydrogen-bond acceptors (Lipinski definition) is 1. The van der Waals surface area contributed by atoms with Gasteiger partial charge in [0.2, 0.25) is 0 Å². The molecule has 2 heteroatoms. The Morgan fingerprint density at radius 2 is 2.25 bits per heavy atom. The van der Waals surface area contributed by atoms with Gasteiger partial charge in [0.1, 0.15) is 0 Å². The molecule has 0 saturated heterocycles. The summed E-state index contributed by atoms with van der Waals surface area (Å²) in [6, 6.07) is 0. The molecular formula is C2H7AlS. The molecule has 0 amide bonds. The van der Waals surface area contributed by atoms with Crippen molar-refractivity contribution in [1.82, 2.24) is 0 Å². The van der Waals surface area contributed by atoms with Crippen LogP contribution in [0.2, 0.25) is 0 Å². The van der Waals surface area contributed by atoms with Crippen molar-refractivity contribution in [3.8, 4) is 0 Å². The summed E-state index contributed by atoms with van der Waals surface area (Å²) in [5, 5.41) is 0. The highest BCUT2D eigenvalue weighted by Crippen LogP contribution is 1.81. The maximum Gasteiger partial charge on any atom is 0.302 e. The van der Waals surface area contributed by atoms with E-state index in [1.165, 1.54) is 20.9 Å². The Hall–Kier alpha value is 0.882. The molecule has 24 valence electrons. The number of hydrogen-bond donors (Lipinski definition) is 0. The highest BCUT2D eigenvalue weighted by Gasteiger charge is 1.56. The van der Waals surface area contributed by atoms with Crippen molar-refractivity contribution in [2.24, 2.45) is 0 Å². The molecule has 4 heavy (non-hydrogen) atoms. The third-order valence-corrected chi connectivity index (χ3v) is 2.60. The molecule has 0 bridgehead atoms. The second-order valence-electron chi connectivity index (χ2n) is 0.577. The molecule has 0 fully saturated rings. The van der Waals surface area contributed by atoms with Crippen molar-refractivity contribution in [2.45, 2.75) is 6.92 Å². The third-order valence-electron chi connectivity index (χ3n) is 0.289. The molecule has 0 aromatic carbocycles. The van der Waals surface area contributed by atoms with Crippen LogP contribution in [0.15, 0.2) is 0 Å². The maximum atomic E-state index is 2.18. The molecule has 0 radical (unpaired) electrons. The van der Waals surface area contributed by atoms with Crippen LogP contribution < -0.4 is 0 Å². The molecule has 0 unspecified atom stereocenters. The van der Waals surface area contributed by atoms with Gasteiger partial charge >= 0.3 is 15.2 Å². The smallest absolute Gasteiger partial charge is 0.267 e. The van der Waals surface area contributed by atoms with Crippen molar-refractivity contribution in [2.75, 3.05) is 5.75 Å². The average molecular weight is 90.1 g/mol. The summed E-state index contributed by atoms with van der Waals surface area (Å²) >= 11 is 1.31. The first-order valence-electron chi connectivity index (χ1n) is 1.40. The minimum Gasteiger partial charge on any atom is -0.267 e. The summed E-state index contributed by atoms with van der Waals surface area (Å²) < 4.78 is 0. The van der Waals surface area contributed by atoms with Crippen molar-refractivity contribution in [1.29, 1.82) is 0 Å². The normalized spacial score (nSPS) is 7.25. The van der Waals surface area contributed by atoms with Crippen LogP contribution in [0.5, 0.6) is 0 Å². The minimum absolute atomic E-state index is 1.30. The van der Waals surface area contributed by atoms with Crippen LogP contribution in [0, 0.1) is 0 Å². The molecule has 0 aromatic rings. The Balaban J connectivity index is 1.97. The standard InChI is InChI=1S/C2H6S.Al.2H/c1-2-3;;;/h3H,2H2,1H3;;;/q;+1;;/p-1. The van der Waals surface area contributed by atoms with E-state index in [1.807, 2.05) is 10.1 Å². The van der Waals surface area contributed by atoms with Gasteiger partial charge < -0.3 is 0 Å². The lowest BCUT2D eigenvalue weighted by atomic mass is 11.0. The van der Waals surface area contributed by atoms with Crippen molar-refractivity contribution < 1.29 is 0 Å². The second kappa shape index (κ2) is 3.88. The van der Waals surface area contributed by atoms with Crippen LogP contribution in [0.3, 0.4) is 0 Å². The van der Waals surface area contributed by atoms with Crippen molar-refractivity contribution in [3.05, 3.63) is 0 Å². The van der Waals surface area contributed by atoms with Gasteiger partial charge in [0, 0.05) is 0 Å². The first-order valence-corrected chi connectivity index (χ1v) is 5.25. The molecule has 0 N–H and O–H groups in total. The van der Waals surface area contributed by atoms with Crippen LogP contribution in [-0.2, 0) is 0 Å². The van der Waals surface area contributed by atoms with E-state index in [4.69, 9.17) is 0 Å². The monoisotopic (exact) mass is 90.0 g/mol. The first kappa shape index (κ1) is 4.88. The molecule has 0 aliphatic carbocycles. The van der Waals surface area contributed by atoms with E-state index >= 15 is 0 Å². The lowest BCUT2D eigenvalue weighted by Crippen LogP contribution is -1.54. The summed E-state index contributed by atoms with van der Waals surface area (Å²) in [7, 11) is 2.00. The van der Waals surface area contributed by atoms with Crippen LogP contribution >= 0.6 is 10.1 Å². The van der Waals surface area contributed by atoms with E-state index in [0.717, 1.165) is 0 Å². The Kier molecular flexibility index (Phi) is 4.74. The molecule has 0 rings (SSSR count). The zero-order valence-corrected chi connectivity index (χ0v) is 5.93. The van der Waals surface area contributed by atoms with E-state index in [9.17, 15) is 0 Å². The van der Waals surface area contributed by atoms with Gasteiger partial charge in [-0.25, -0.2) is 0 Å². The molecule has 0 aliphatic heterocycles. The first-order chi connectivity index (χ1) is 1.91. The molecule has 0 heterocycles. The van der Waals surface area contributed by atoms with E-state index in [2.05, 4.69) is 6.92 Å². The van der Waals surface area contributed by atoms with Gasteiger partial charge in [-0.15, -0.1) is 0 Å². The van der Waals surface area contributed by atoms with Crippen molar-refractivity contribution in [3.63, 3.8) is 0 Å². The summed E-state index contributed by atoms with van der Waals surface area (Å²) in [5.41, 5.74) is 0. The molecular weight excluding hydrogens is 83.1 g/mol. The molecule has 0 atom stereocenters. The van der Waals surface area contributed by atoms with Gasteiger partial charge in [0.25, 0.3) is 0 Å². The maximum absolute atomic E-state index is 2.18. The lowest BCUT2D eigenvalue weighted by Gasteiger charge is -1.70. The SMILES string of the molecule is CC[S][AlH2]. The molecule has 0 nitrogen and oxygen atoms in total. The van der Waals surface area contributed by atoms with Gasteiger partial charge in [-0.3, -0.25) is 10.1 Å². The Bertz CT molecular complexity index is 8.00. The van der Waals surface area contributed by atoms with E-state index in [0.29, 0.717) is 0 Å². The second-order valence-corrected chi connectivity index (χ2v) is 3.46. The fourth-order valence-electron chi connectivity index (χ4n) is 0. The zero-order chi connectivity index (χ0) is 3.41. The van der Waals surface area contributed by atoms with Gasteiger partial charge in [0.05, 0.1) is 0 Å². The van der Waals surface area contributed by atoms with E-state index in [-0.39, 0.29) is 0 Å². The summed E-state index contributed by atoms with van der Waals surface area (Å²) in [6.45, 7) is 2.18. The Labute approximate surface area is 38.4 Å². The summed E-state index contributed by atoms with van der Waals surface area (Å²) in [5.74, 6) is 1.30. The molecule has 0 spiro atoms. The van der Waals surface area contributed by atoms with Crippen LogP contribution in [-0.4, -0.2) is 20.9 Å². The van der Waals surface area contributed by atoms with E-state index in [1.54, 1.807) is 0 Å².